The van der Waals surface area contributed by atoms with Gasteiger partial charge in [-0.25, -0.2) is 4.79 Å². The minimum absolute atomic E-state index is 0.0655. The normalized spacial score (nSPS) is 12.8. The highest BCUT2D eigenvalue weighted by Crippen LogP contribution is 2.26. The predicted octanol–water partition coefficient (Wildman–Crippen LogP) is 4.68. The number of carbonyl (C=O) groups is 1. The van der Waals surface area contributed by atoms with Crippen molar-refractivity contribution in [2.24, 2.45) is 0 Å². The van der Waals surface area contributed by atoms with Crippen LogP contribution in [0.3, 0.4) is 0 Å². The third-order valence-corrected chi connectivity index (χ3v) is 3.63. The second kappa shape index (κ2) is 7.52. The van der Waals surface area contributed by atoms with E-state index < -0.39 is 5.60 Å². The first-order chi connectivity index (χ1) is 10.2. The van der Waals surface area contributed by atoms with E-state index >= 15 is 0 Å². The number of benzene rings is 1. The zero-order chi connectivity index (χ0) is 16.9. The smallest absolute Gasteiger partial charge is 0.410 e. The van der Waals surface area contributed by atoms with Crippen LogP contribution in [0.15, 0.2) is 18.2 Å². The molecule has 1 amide bonds. The summed E-state index contributed by atoms with van der Waals surface area (Å²) in [6, 6.07) is 5.90. The SMILES string of the molecule is CCCCN(C(=O)OC(C)(C)C)C(C)c1ccc(C)c(N)c1. The number of aryl methyl sites for hydroxylation is 1. The van der Waals surface area contributed by atoms with Crippen molar-refractivity contribution in [2.45, 2.75) is 66.0 Å². The molecule has 0 aliphatic carbocycles. The molecule has 0 saturated heterocycles. The Morgan fingerprint density at radius 2 is 2.00 bits per heavy atom. The summed E-state index contributed by atoms with van der Waals surface area (Å²) in [6.45, 7) is 12.4. The number of unbranched alkanes of at least 4 members (excludes halogenated alkanes) is 1. The Kier molecular flexibility index (Phi) is 6.27. The summed E-state index contributed by atoms with van der Waals surface area (Å²) in [5, 5.41) is 0. The van der Waals surface area contributed by atoms with Crippen LogP contribution in [0.25, 0.3) is 0 Å². The average Bonchev–Trinajstić information content (AvgIpc) is 2.40. The first-order valence-electron chi connectivity index (χ1n) is 8.01. The molecule has 22 heavy (non-hydrogen) atoms. The molecule has 4 heteroatoms. The number of nitrogens with two attached hydrogens (primary N) is 1. The summed E-state index contributed by atoms with van der Waals surface area (Å²) >= 11 is 0. The van der Waals surface area contributed by atoms with Gasteiger partial charge in [0.05, 0.1) is 6.04 Å². The van der Waals surface area contributed by atoms with E-state index in [-0.39, 0.29) is 12.1 Å². The van der Waals surface area contributed by atoms with Crippen molar-refractivity contribution in [1.29, 1.82) is 0 Å². The number of hydrogen-bond donors (Lipinski definition) is 1. The first kappa shape index (κ1) is 18.3. The van der Waals surface area contributed by atoms with E-state index in [9.17, 15) is 4.79 Å². The van der Waals surface area contributed by atoms with Crippen LogP contribution in [0.2, 0.25) is 0 Å². The van der Waals surface area contributed by atoms with Crippen molar-refractivity contribution >= 4 is 11.8 Å². The molecule has 0 spiro atoms. The maximum absolute atomic E-state index is 12.5. The summed E-state index contributed by atoms with van der Waals surface area (Å²) in [6.07, 6.45) is 1.71. The van der Waals surface area contributed by atoms with Crippen LogP contribution in [0.4, 0.5) is 10.5 Å². The lowest BCUT2D eigenvalue weighted by molar-refractivity contribution is 0.0170. The summed E-state index contributed by atoms with van der Waals surface area (Å²) in [7, 11) is 0. The largest absolute Gasteiger partial charge is 0.444 e. The van der Waals surface area contributed by atoms with Crippen LogP contribution in [0.5, 0.6) is 0 Å². The Labute approximate surface area is 134 Å². The standard InChI is InChI=1S/C18H30N2O2/c1-7-8-11-20(17(21)22-18(4,5)6)14(3)15-10-9-13(2)16(19)12-15/h9-10,12,14H,7-8,11,19H2,1-6H3. The van der Waals surface area contributed by atoms with E-state index in [2.05, 4.69) is 6.92 Å². The van der Waals surface area contributed by atoms with Gasteiger partial charge in [-0.2, -0.15) is 0 Å². The molecule has 1 aromatic rings. The van der Waals surface area contributed by atoms with Gasteiger partial charge in [-0.05, 0) is 58.2 Å². The lowest BCUT2D eigenvalue weighted by Gasteiger charge is -2.32. The lowest BCUT2D eigenvalue weighted by atomic mass is 10.0. The van der Waals surface area contributed by atoms with Crippen molar-refractivity contribution in [3.8, 4) is 0 Å². The monoisotopic (exact) mass is 306 g/mol. The van der Waals surface area contributed by atoms with E-state index in [4.69, 9.17) is 10.5 Å². The van der Waals surface area contributed by atoms with Gasteiger partial charge in [0.2, 0.25) is 0 Å². The van der Waals surface area contributed by atoms with Crippen LogP contribution in [0, 0.1) is 6.92 Å². The van der Waals surface area contributed by atoms with Crippen LogP contribution in [-0.2, 0) is 4.74 Å². The Morgan fingerprint density at radius 3 is 2.50 bits per heavy atom. The first-order valence-corrected chi connectivity index (χ1v) is 8.01. The second-order valence-corrected chi connectivity index (χ2v) is 6.82. The van der Waals surface area contributed by atoms with Gasteiger partial charge in [0, 0.05) is 12.2 Å². The quantitative estimate of drug-likeness (QED) is 0.804. The van der Waals surface area contributed by atoms with Gasteiger partial charge < -0.3 is 15.4 Å². The molecule has 2 N–H and O–H groups in total. The molecule has 4 nitrogen and oxygen atoms in total. The molecular formula is C18H30N2O2. The molecule has 1 unspecified atom stereocenters. The zero-order valence-corrected chi connectivity index (χ0v) is 14.8. The fourth-order valence-corrected chi connectivity index (χ4v) is 2.19. The Bertz CT molecular complexity index is 506. The highest BCUT2D eigenvalue weighted by molar-refractivity contribution is 5.69. The van der Waals surface area contributed by atoms with E-state index in [1.165, 1.54) is 0 Å². The molecule has 0 aromatic heterocycles. The second-order valence-electron chi connectivity index (χ2n) is 6.82. The molecule has 1 rings (SSSR count). The number of hydrogen-bond acceptors (Lipinski definition) is 3. The predicted molar refractivity (Wildman–Crippen MR) is 91.9 cm³/mol. The molecular weight excluding hydrogens is 276 g/mol. The van der Waals surface area contributed by atoms with Crippen molar-refractivity contribution < 1.29 is 9.53 Å². The Hall–Kier alpha value is -1.71. The minimum atomic E-state index is -0.492. The molecule has 0 heterocycles. The van der Waals surface area contributed by atoms with Crippen molar-refractivity contribution in [2.75, 3.05) is 12.3 Å². The number of ether oxygens (including phenoxy) is 1. The van der Waals surface area contributed by atoms with Crippen molar-refractivity contribution in [1.82, 2.24) is 4.90 Å². The van der Waals surface area contributed by atoms with Gasteiger partial charge in [0.25, 0.3) is 0 Å². The maximum Gasteiger partial charge on any atom is 0.410 e. The van der Waals surface area contributed by atoms with E-state index in [1.54, 1.807) is 4.90 Å². The lowest BCUT2D eigenvalue weighted by Crippen LogP contribution is -2.39. The number of nitrogen functional groups attached to an aromatic ring is 1. The molecule has 0 saturated carbocycles. The molecule has 0 fully saturated rings. The van der Waals surface area contributed by atoms with Crippen LogP contribution >= 0.6 is 0 Å². The number of anilines is 1. The number of carbonyl (C=O) groups excluding carboxylic acids is 1. The van der Waals surface area contributed by atoms with Gasteiger partial charge in [0.1, 0.15) is 5.60 Å². The van der Waals surface area contributed by atoms with Crippen LogP contribution in [-0.4, -0.2) is 23.1 Å². The number of nitrogens with zero attached hydrogens (tertiary/aromatic N) is 1. The third-order valence-electron chi connectivity index (χ3n) is 3.63. The van der Waals surface area contributed by atoms with Crippen LogP contribution < -0.4 is 5.73 Å². The molecule has 0 radical (unpaired) electrons. The molecule has 124 valence electrons. The van der Waals surface area contributed by atoms with E-state index in [0.717, 1.165) is 29.7 Å². The molecule has 1 atom stereocenters. The fraction of sp³-hybridized carbons (Fsp3) is 0.611. The Morgan fingerprint density at radius 1 is 1.36 bits per heavy atom. The van der Waals surface area contributed by atoms with Gasteiger partial charge in [-0.1, -0.05) is 25.5 Å². The summed E-state index contributed by atoms with van der Waals surface area (Å²) < 4.78 is 5.55. The number of amides is 1. The highest BCUT2D eigenvalue weighted by Gasteiger charge is 2.26. The highest BCUT2D eigenvalue weighted by atomic mass is 16.6. The zero-order valence-electron chi connectivity index (χ0n) is 14.8. The van der Waals surface area contributed by atoms with Crippen LogP contribution in [0.1, 0.15) is 64.6 Å². The third kappa shape index (κ3) is 5.24. The summed E-state index contributed by atoms with van der Waals surface area (Å²) in [5.74, 6) is 0. The van der Waals surface area contributed by atoms with Crippen molar-refractivity contribution in [3.05, 3.63) is 29.3 Å². The van der Waals surface area contributed by atoms with Crippen molar-refractivity contribution in [3.63, 3.8) is 0 Å². The molecule has 0 aliphatic rings. The average molecular weight is 306 g/mol. The van der Waals surface area contributed by atoms with Gasteiger partial charge in [0.15, 0.2) is 0 Å². The molecule has 1 aromatic carbocycles. The van der Waals surface area contributed by atoms with Gasteiger partial charge >= 0.3 is 6.09 Å². The van der Waals surface area contributed by atoms with E-state index in [1.807, 2.05) is 52.8 Å². The van der Waals surface area contributed by atoms with E-state index in [0.29, 0.717) is 6.54 Å². The Balaban J connectivity index is 2.98. The van der Waals surface area contributed by atoms with Gasteiger partial charge in [-0.3, -0.25) is 0 Å². The molecule has 0 aliphatic heterocycles. The summed E-state index contributed by atoms with van der Waals surface area (Å²) in [5.41, 5.74) is 8.34. The molecule has 0 bridgehead atoms. The summed E-state index contributed by atoms with van der Waals surface area (Å²) in [4.78, 5) is 14.3. The fourth-order valence-electron chi connectivity index (χ4n) is 2.19. The van der Waals surface area contributed by atoms with Gasteiger partial charge in [-0.15, -0.1) is 0 Å². The number of rotatable bonds is 5. The minimum Gasteiger partial charge on any atom is -0.444 e. The maximum atomic E-state index is 12.5. The topological polar surface area (TPSA) is 55.6 Å².